The first kappa shape index (κ1) is 43.2. The highest BCUT2D eigenvalue weighted by Crippen LogP contribution is 2.65. The summed E-state index contributed by atoms with van der Waals surface area (Å²) < 4.78 is 0. The summed E-state index contributed by atoms with van der Waals surface area (Å²) in [6.07, 6.45) is 11.1. The first-order chi connectivity index (χ1) is 27.0. The highest BCUT2D eigenvalue weighted by molar-refractivity contribution is 7.99. The van der Waals surface area contributed by atoms with Crippen LogP contribution in [0.25, 0.3) is 0 Å². The Labute approximate surface area is 359 Å². The molecule has 0 bridgehead atoms. The fourth-order valence-corrected chi connectivity index (χ4v) is 14.4. The van der Waals surface area contributed by atoms with Crippen LogP contribution in [0.1, 0.15) is 153 Å². The lowest BCUT2D eigenvalue weighted by atomic mass is 9.71. The molecule has 1 nitrogen and oxygen atoms in total. The minimum Gasteiger partial charge on any atom is -0.300 e. The summed E-state index contributed by atoms with van der Waals surface area (Å²) in [5.41, 5.74) is 15.1. The van der Waals surface area contributed by atoms with Crippen molar-refractivity contribution >= 4 is 30.3 Å². The SMILES string of the molecule is Cc1cccc(C)c1SCCNC1(P(c2cc(C(C)(C)C)cc(C(C)(C)C)c2)c2cc(C(C)(C)C)cc(C(C)(C)C)c2)C=CCC2=C1C1(CC2)CCc2ccccc21. The topological polar surface area (TPSA) is 12.0 Å². The molecule has 0 aromatic heterocycles. The van der Waals surface area contributed by atoms with Crippen molar-refractivity contribution in [2.75, 3.05) is 12.3 Å². The lowest BCUT2D eigenvalue weighted by molar-refractivity contribution is 0.444. The Morgan fingerprint density at radius 3 is 1.64 bits per heavy atom. The molecule has 4 aromatic carbocycles. The van der Waals surface area contributed by atoms with Crippen LogP contribution in [0.2, 0.25) is 0 Å². The number of thioether (sulfide) groups is 1. The van der Waals surface area contributed by atoms with E-state index in [1.807, 2.05) is 11.8 Å². The van der Waals surface area contributed by atoms with Crippen molar-refractivity contribution < 1.29 is 0 Å². The van der Waals surface area contributed by atoms with Gasteiger partial charge in [-0.3, -0.25) is 5.32 Å². The van der Waals surface area contributed by atoms with E-state index in [9.17, 15) is 0 Å². The van der Waals surface area contributed by atoms with Crippen molar-refractivity contribution in [1.82, 2.24) is 5.32 Å². The molecule has 0 fully saturated rings. The number of nitrogens with one attached hydrogen (secondary N) is 1. The molecule has 7 rings (SSSR count). The monoisotopic (exact) mass is 810 g/mol. The summed E-state index contributed by atoms with van der Waals surface area (Å²) in [6, 6.07) is 31.9. The predicted octanol–water partition coefficient (Wildman–Crippen LogP) is 13.9. The summed E-state index contributed by atoms with van der Waals surface area (Å²) in [4.78, 5) is 1.43. The van der Waals surface area contributed by atoms with E-state index in [-0.39, 0.29) is 32.4 Å². The number of allylic oxidation sites excluding steroid dienone is 2. The number of aryl methyl sites for hydroxylation is 3. The van der Waals surface area contributed by atoms with Crippen molar-refractivity contribution in [3.8, 4) is 0 Å². The van der Waals surface area contributed by atoms with E-state index in [1.54, 1.807) is 22.3 Å². The molecule has 1 N–H and O–H groups in total. The van der Waals surface area contributed by atoms with Gasteiger partial charge in [-0.1, -0.05) is 180 Å². The fourth-order valence-electron chi connectivity index (χ4n) is 10.1. The third kappa shape index (κ3) is 8.14. The van der Waals surface area contributed by atoms with Gasteiger partial charge in [-0.2, -0.15) is 0 Å². The zero-order valence-electron chi connectivity index (χ0n) is 38.5. The Morgan fingerprint density at radius 2 is 1.12 bits per heavy atom. The van der Waals surface area contributed by atoms with E-state index < -0.39 is 7.92 Å². The maximum Gasteiger partial charge on any atom is 0.0873 e. The van der Waals surface area contributed by atoms with Gasteiger partial charge in [-0.25, -0.2) is 0 Å². The Kier molecular flexibility index (Phi) is 11.6. The van der Waals surface area contributed by atoms with Gasteiger partial charge in [0.25, 0.3) is 0 Å². The second kappa shape index (κ2) is 15.5. The quantitative estimate of drug-likeness (QED) is 0.0823. The molecule has 0 amide bonds. The van der Waals surface area contributed by atoms with Gasteiger partial charge in [-0.05, 0) is 136 Å². The number of rotatable bonds is 8. The van der Waals surface area contributed by atoms with Crippen LogP contribution >= 0.6 is 19.7 Å². The van der Waals surface area contributed by atoms with Crippen molar-refractivity contribution in [2.45, 2.75) is 166 Å². The molecule has 0 saturated carbocycles. The average molecular weight is 810 g/mol. The van der Waals surface area contributed by atoms with Crippen LogP contribution in [0, 0.1) is 13.8 Å². The molecule has 0 aliphatic heterocycles. The van der Waals surface area contributed by atoms with Crippen LogP contribution in [0.15, 0.2) is 107 Å². The molecule has 58 heavy (non-hydrogen) atoms. The van der Waals surface area contributed by atoms with Crippen LogP contribution < -0.4 is 15.9 Å². The standard InChI is InChI=1S/C55H72NPS/c1-37-19-17-20-38(2)48(37)58-30-29-56-55(26-18-22-40-25-28-54(49(40)55)27-24-39-21-15-16-23-47(39)54)57(45-33-41(50(3,4)5)31-42(34-45)51(6,7)8)46-35-43(52(9,10)11)32-44(36-46)53(12,13)14/h15-21,23,26,31-36,56H,22,24-25,27-30H2,1-14H3. The summed E-state index contributed by atoms with van der Waals surface area (Å²) >= 11 is 2.03. The molecule has 0 saturated heterocycles. The van der Waals surface area contributed by atoms with E-state index >= 15 is 0 Å². The number of fused-ring (bicyclic) bond motifs is 3. The van der Waals surface area contributed by atoms with Crippen molar-refractivity contribution in [1.29, 1.82) is 0 Å². The molecular formula is C55H72NPS. The second-order valence-electron chi connectivity index (χ2n) is 22.0. The van der Waals surface area contributed by atoms with Gasteiger partial charge in [0, 0.05) is 22.6 Å². The largest absolute Gasteiger partial charge is 0.300 e. The molecule has 308 valence electrons. The summed E-state index contributed by atoms with van der Waals surface area (Å²) in [7, 11) is -1.02. The first-order valence-corrected chi connectivity index (χ1v) is 24.4. The van der Waals surface area contributed by atoms with Gasteiger partial charge in [0.05, 0.1) is 5.28 Å². The van der Waals surface area contributed by atoms with Crippen molar-refractivity contribution in [2.24, 2.45) is 0 Å². The van der Waals surface area contributed by atoms with Crippen LogP contribution in [-0.4, -0.2) is 17.6 Å². The van der Waals surface area contributed by atoms with Gasteiger partial charge >= 0.3 is 0 Å². The lowest BCUT2D eigenvalue weighted by Crippen LogP contribution is -2.53. The Bertz CT molecular complexity index is 2080. The summed E-state index contributed by atoms with van der Waals surface area (Å²) in [5, 5.41) is 7.23. The smallest absolute Gasteiger partial charge is 0.0873 e. The molecule has 2 atom stereocenters. The van der Waals surface area contributed by atoms with Crippen LogP contribution in [0.4, 0.5) is 0 Å². The van der Waals surface area contributed by atoms with Crippen LogP contribution in [0.3, 0.4) is 0 Å². The van der Waals surface area contributed by atoms with E-state index in [4.69, 9.17) is 0 Å². The summed E-state index contributed by atoms with van der Waals surface area (Å²) in [5.74, 6) is 1.02. The zero-order chi connectivity index (χ0) is 42.1. The van der Waals surface area contributed by atoms with E-state index in [0.717, 1.165) is 25.1 Å². The summed E-state index contributed by atoms with van der Waals surface area (Å²) in [6.45, 7) is 34.3. The molecule has 2 unspecified atom stereocenters. The Balaban J connectivity index is 1.55. The molecule has 0 radical (unpaired) electrons. The molecule has 3 aliphatic carbocycles. The van der Waals surface area contributed by atoms with Gasteiger partial charge in [0.1, 0.15) is 0 Å². The normalized spacial score (nSPS) is 21.0. The van der Waals surface area contributed by atoms with Gasteiger partial charge < -0.3 is 0 Å². The van der Waals surface area contributed by atoms with Crippen molar-refractivity contribution in [3.05, 3.63) is 147 Å². The number of benzene rings is 4. The maximum atomic E-state index is 4.59. The van der Waals surface area contributed by atoms with Gasteiger partial charge in [0.2, 0.25) is 0 Å². The molecule has 4 aromatic rings. The van der Waals surface area contributed by atoms with E-state index in [1.165, 1.54) is 68.1 Å². The lowest BCUT2D eigenvalue weighted by Gasteiger charge is -2.50. The van der Waals surface area contributed by atoms with Gasteiger partial charge in [0.15, 0.2) is 0 Å². The highest BCUT2D eigenvalue weighted by Gasteiger charge is 2.57. The molecule has 3 heteroatoms. The predicted molar refractivity (Wildman–Crippen MR) is 258 cm³/mol. The maximum absolute atomic E-state index is 4.59. The average Bonchev–Trinajstić information content (AvgIpc) is 3.71. The molecule has 1 spiro atoms. The van der Waals surface area contributed by atoms with E-state index in [2.05, 4.69) is 193 Å². The third-order valence-corrected chi connectivity index (χ3v) is 17.6. The molecular weight excluding hydrogens is 738 g/mol. The first-order valence-electron chi connectivity index (χ1n) is 22.1. The number of hydrogen-bond donors (Lipinski definition) is 1. The minimum absolute atomic E-state index is 0.00921. The van der Waals surface area contributed by atoms with E-state index in [0.29, 0.717) is 0 Å². The Hall–Kier alpha value is -2.90. The number of hydrogen-bond acceptors (Lipinski definition) is 2. The zero-order valence-corrected chi connectivity index (χ0v) is 40.2. The highest BCUT2D eigenvalue weighted by atomic mass is 32.2. The Morgan fingerprint density at radius 1 is 0.621 bits per heavy atom. The van der Waals surface area contributed by atoms with Crippen LogP contribution in [0.5, 0.6) is 0 Å². The second-order valence-corrected chi connectivity index (χ2v) is 25.5. The fraction of sp³-hybridized carbons (Fsp3) is 0.491. The van der Waals surface area contributed by atoms with Crippen LogP contribution in [-0.2, 0) is 33.5 Å². The third-order valence-electron chi connectivity index (χ3n) is 13.5. The molecule has 0 heterocycles. The van der Waals surface area contributed by atoms with Gasteiger partial charge in [-0.15, -0.1) is 11.8 Å². The van der Waals surface area contributed by atoms with Crippen molar-refractivity contribution in [3.63, 3.8) is 0 Å². The molecule has 3 aliphatic rings. The minimum atomic E-state index is -1.02.